The van der Waals surface area contributed by atoms with Crippen molar-refractivity contribution in [1.82, 2.24) is 20.1 Å². The molecular formula is C20H21FN4OS. The number of aromatic nitrogens is 3. The summed E-state index contributed by atoms with van der Waals surface area (Å²) in [5, 5.41) is 11.6. The van der Waals surface area contributed by atoms with E-state index < -0.39 is 0 Å². The van der Waals surface area contributed by atoms with Crippen molar-refractivity contribution in [2.75, 3.05) is 6.54 Å². The first-order chi connectivity index (χ1) is 13.0. The minimum atomic E-state index is -0.301. The van der Waals surface area contributed by atoms with Gasteiger partial charge in [0.25, 0.3) is 0 Å². The molecule has 1 N–H and O–H groups in total. The van der Waals surface area contributed by atoms with E-state index in [1.54, 1.807) is 12.1 Å². The molecule has 0 aliphatic carbocycles. The lowest BCUT2D eigenvalue weighted by atomic mass is 10.1. The Hall–Kier alpha value is -2.67. The van der Waals surface area contributed by atoms with Crippen LogP contribution in [0.25, 0.3) is 11.4 Å². The summed E-state index contributed by atoms with van der Waals surface area (Å²) in [6.07, 6.45) is 0.794. The molecule has 5 nitrogen and oxygen atoms in total. The topological polar surface area (TPSA) is 59.8 Å². The van der Waals surface area contributed by atoms with E-state index in [2.05, 4.69) is 15.5 Å². The van der Waals surface area contributed by atoms with Crippen LogP contribution in [-0.4, -0.2) is 32.5 Å². The van der Waals surface area contributed by atoms with Gasteiger partial charge in [0, 0.05) is 19.2 Å². The Morgan fingerprint density at radius 2 is 1.85 bits per heavy atom. The van der Waals surface area contributed by atoms with Crippen molar-refractivity contribution in [2.24, 2.45) is 7.05 Å². The third-order valence-corrected chi connectivity index (χ3v) is 5.28. The average Bonchev–Trinajstić information content (AvgIpc) is 3.03. The molecule has 0 bridgehead atoms. The zero-order valence-corrected chi connectivity index (χ0v) is 16.0. The number of nitrogens with one attached hydrogen (secondary N) is 1. The van der Waals surface area contributed by atoms with Gasteiger partial charge in [-0.3, -0.25) is 4.79 Å². The number of halogens is 1. The molecular weight excluding hydrogens is 363 g/mol. The summed E-state index contributed by atoms with van der Waals surface area (Å²) in [6, 6.07) is 16.1. The maximum absolute atomic E-state index is 13.1. The van der Waals surface area contributed by atoms with Crippen LogP contribution < -0.4 is 5.32 Å². The number of carbonyl (C=O) groups excluding carboxylic acids is 1. The minimum absolute atomic E-state index is 0.0396. The lowest BCUT2D eigenvalue weighted by molar-refractivity contribution is -0.120. The van der Waals surface area contributed by atoms with Crippen LogP contribution in [0.2, 0.25) is 0 Å². The van der Waals surface area contributed by atoms with Crippen LogP contribution in [0, 0.1) is 5.82 Å². The van der Waals surface area contributed by atoms with Crippen LogP contribution >= 0.6 is 11.8 Å². The van der Waals surface area contributed by atoms with E-state index in [4.69, 9.17) is 0 Å². The van der Waals surface area contributed by atoms with Crippen molar-refractivity contribution in [3.63, 3.8) is 0 Å². The highest BCUT2D eigenvalue weighted by atomic mass is 32.2. The quantitative estimate of drug-likeness (QED) is 0.634. The highest BCUT2D eigenvalue weighted by Gasteiger charge is 2.19. The van der Waals surface area contributed by atoms with Crippen molar-refractivity contribution in [1.29, 1.82) is 0 Å². The highest BCUT2D eigenvalue weighted by molar-refractivity contribution is 8.00. The molecule has 1 amide bonds. The van der Waals surface area contributed by atoms with Gasteiger partial charge in [-0.2, -0.15) is 0 Å². The van der Waals surface area contributed by atoms with Gasteiger partial charge in [0.2, 0.25) is 5.91 Å². The molecule has 1 atom stereocenters. The molecule has 3 aromatic rings. The second kappa shape index (κ2) is 8.81. The maximum Gasteiger partial charge on any atom is 0.233 e. The fraction of sp³-hybridized carbons (Fsp3) is 0.250. The van der Waals surface area contributed by atoms with Gasteiger partial charge in [-0.15, -0.1) is 10.2 Å². The molecule has 1 aromatic heterocycles. The molecule has 0 radical (unpaired) electrons. The summed E-state index contributed by atoms with van der Waals surface area (Å²) >= 11 is 1.35. The van der Waals surface area contributed by atoms with Gasteiger partial charge in [-0.05, 0) is 43.2 Å². The van der Waals surface area contributed by atoms with E-state index in [1.165, 1.54) is 29.5 Å². The van der Waals surface area contributed by atoms with Crippen molar-refractivity contribution in [2.45, 2.75) is 23.8 Å². The second-order valence-corrected chi connectivity index (χ2v) is 7.47. The lowest BCUT2D eigenvalue weighted by Gasteiger charge is -2.11. The van der Waals surface area contributed by atoms with E-state index in [-0.39, 0.29) is 17.0 Å². The molecule has 0 aliphatic heterocycles. The number of thioether (sulfide) groups is 1. The lowest BCUT2D eigenvalue weighted by Crippen LogP contribution is -2.32. The van der Waals surface area contributed by atoms with Gasteiger partial charge in [0.1, 0.15) is 5.82 Å². The van der Waals surface area contributed by atoms with Gasteiger partial charge >= 0.3 is 0 Å². The van der Waals surface area contributed by atoms with E-state index in [0.29, 0.717) is 17.5 Å². The van der Waals surface area contributed by atoms with Gasteiger partial charge in [0.15, 0.2) is 11.0 Å². The molecule has 0 saturated heterocycles. The van der Waals surface area contributed by atoms with Crippen LogP contribution in [0.1, 0.15) is 12.5 Å². The fourth-order valence-electron chi connectivity index (χ4n) is 2.60. The normalized spacial score (nSPS) is 12.0. The van der Waals surface area contributed by atoms with Gasteiger partial charge in [0.05, 0.1) is 5.25 Å². The minimum Gasteiger partial charge on any atom is -0.355 e. The largest absolute Gasteiger partial charge is 0.355 e. The Kier molecular flexibility index (Phi) is 6.24. The number of hydrogen-bond donors (Lipinski definition) is 1. The Balaban J connectivity index is 1.56. The van der Waals surface area contributed by atoms with Crippen LogP contribution in [0.3, 0.4) is 0 Å². The summed E-state index contributed by atoms with van der Waals surface area (Å²) in [5.41, 5.74) is 1.97. The summed E-state index contributed by atoms with van der Waals surface area (Å²) in [5.74, 6) is 0.299. The Morgan fingerprint density at radius 3 is 2.56 bits per heavy atom. The van der Waals surface area contributed by atoms with E-state index >= 15 is 0 Å². The van der Waals surface area contributed by atoms with E-state index in [0.717, 1.165) is 12.0 Å². The van der Waals surface area contributed by atoms with Crippen LogP contribution in [-0.2, 0) is 18.3 Å². The Labute approximate surface area is 162 Å². The van der Waals surface area contributed by atoms with Gasteiger partial charge < -0.3 is 9.88 Å². The predicted molar refractivity (Wildman–Crippen MR) is 105 cm³/mol. The number of carbonyl (C=O) groups is 1. The summed E-state index contributed by atoms with van der Waals surface area (Å²) in [6.45, 7) is 2.43. The van der Waals surface area contributed by atoms with Crippen molar-refractivity contribution in [3.05, 3.63) is 66.0 Å². The van der Waals surface area contributed by atoms with E-state index in [1.807, 2.05) is 48.9 Å². The summed E-state index contributed by atoms with van der Waals surface area (Å²) < 4.78 is 14.9. The third kappa shape index (κ3) is 4.95. The van der Waals surface area contributed by atoms with Gasteiger partial charge in [-0.25, -0.2) is 4.39 Å². The van der Waals surface area contributed by atoms with Crippen molar-refractivity contribution in [3.8, 4) is 11.4 Å². The zero-order valence-electron chi connectivity index (χ0n) is 15.2. The molecule has 140 valence electrons. The molecule has 2 aromatic carbocycles. The SMILES string of the molecule is C[C@@H](Sc1nnc(-c2ccc(F)cc2)n1C)C(=O)NCCc1ccccc1. The van der Waals surface area contributed by atoms with E-state index in [9.17, 15) is 9.18 Å². The summed E-state index contributed by atoms with van der Waals surface area (Å²) in [7, 11) is 1.83. The average molecular weight is 384 g/mol. The highest BCUT2D eigenvalue weighted by Crippen LogP contribution is 2.25. The second-order valence-electron chi connectivity index (χ2n) is 6.16. The molecule has 0 saturated carbocycles. The zero-order chi connectivity index (χ0) is 19.2. The van der Waals surface area contributed by atoms with Crippen molar-refractivity contribution >= 4 is 17.7 Å². The predicted octanol–water partition coefficient (Wildman–Crippen LogP) is 3.46. The monoisotopic (exact) mass is 384 g/mol. The fourth-order valence-corrected chi connectivity index (χ4v) is 3.44. The molecule has 0 aliphatic rings. The third-order valence-electron chi connectivity index (χ3n) is 4.14. The van der Waals surface area contributed by atoms with Crippen molar-refractivity contribution < 1.29 is 9.18 Å². The first-order valence-corrected chi connectivity index (χ1v) is 9.56. The molecule has 27 heavy (non-hydrogen) atoms. The van der Waals surface area contributed by atoms with Gasteiger partial charge in [-0.1, -0.05) is 42.1 Å². The Morgan fingerprint density at radius 1 is 1.15 bits per heavy atom. The maximum atomic E-state index is 13.1. The number of nitrogens with zero attached hydrogens (tertiary/aromatic N) is 3. The first-order valence-electron chi connectivity index (χ1n) is 8.68. The van der Waals surface area contributed by atoms with Crippen LogP contribution in [0.4, 0.5) is 4.39 Å². The number of rotatable bonds is 7. The first kappa shape index (κ1) is 19.1. The molecule has 1 heterocycles. The van der Waals surface area contributed by atoms with Crippen LogP contribution in [0.15, 0.2) is 59.8 Å². The number of benzene rings is 2. The van der Waals surface area contributed by atoms with Crippen LogP contribution in [0.5, 0.6) is 0 Å². The standard InChI is InChI=1S/C20H21FN4OS/c1-14(19(26)22-13-12-15-6-4-3-5-7-15)27-20-24-23-18(25(20)2)16-8-10-17(21)11-9-16/h3-11,14H,12-13H2,1-2H3,(H,22,26)/t14-/m1/s1. The summed E-state index contributed by atoms with van der Waals surface area (Å²) in [4.78, 5) is 12.3. The number of amides is 1. The number of hydrogen-bond acceptors (Lipinski definition) is 4. The smallest absolute Gasteiger partial charge is 0.233 e. The molecule has 3 rings (SSSR count). The Bertz CT molecular complexity index is 896. The molecule has 0 spiro atoms. The molecule has 0 fully saturated rings. The molecule has 7 heteroatoms. The molecule has 0 unspecified atom stereocenters.